The van der Waals surface area contributed by atoms with Crippen LogP contribution in [0.2, 0.25) is 0 Å². The van der Waals surface area contributed by atoms with Gasteiger partial charge in [0.25, 0.3) is 5.91 Å². The molecule has 1 aliphatic heterocycles. The molecule has 1 aromatic heterocycles. The van der Waals surface area contributed by atoms with E-state index in [2.05, 4.69) is 31.3 Å². The molecule has 2 aromatic carbocycles. The minimum atomic E-state index is -0.705. The van der Waals surface area contributed by atoms with Gasteiger partial charge in [0, 0.05) is 10.2 Å². The summed E-state index contributed by atoms with van der Waals surface area (Å²) >= 11 is 3.31. The maximum Gasteiger partial charge on any atom is 0.373 e. The number of nitrogens with one attached hydrogen (secondary N) is 2. The zero-order valence-electron chi connectivity index (χ0n) is 20.3. The van der Waals surface area contributed by atoms with Crippen LogP contribution >= 0.6 is 15.9 Å². The van der Waals surface area contributed by atoms with Gasteiger partial charge in [-0.3, -0.25) is 9.59 Å². The molecule has 196 valence electrons. The molecule has 1 fully saturated rings. The Morgan fingerprint density at radius 2 is 1.82 bits per heavy atom. The van der Waals surface area contributed by atoms with Gasteiger partial charge >= 0.3 is 12.0 Å². The second kappa shape index (κ2) is 11.6. The van der Waals surface area contributed by atoms with Crippen molar-refractivity contribution in [1.82, 2.24) is 10.2 Å². The van der Waals surface area contributed by atoms with Crippen molar-refractivity contribution in [2.45, 2.75) is 6.61 Å². The fraction of sp³-hybridized carbons (Fsp3) is 0.154. The number of anilines is 1. The zero-order valence-corrected chi connectivity index (χ0v) is 21.9. The number of hydrogen-bond donors (Lipinski definition) is 2. The second-order valence-electron chi connectivity index (χ2n) is 7.89. The molecule has 0 saturated carbocycles. The molecule has 2 heterocycles. The lowest BCUT2D eigenvalue weighted by atomic mass is 10.1. The number of carbonyl (C=O) groups excluding carboxylic acids is 4. The van der Waals surface area contributed by atoms with Crippen LogP contribution in [0.4, 0.5) is 10.5 Å². The molecule has 0 aliphatic carbocycles. The van der Waals surface area contributed by atoms with Crippen molar-refractivity contribution in [1.29, 1.82) is 0 Å². The predicted molar refractivity (Wildman–Crippen MR) is 138 cm³/mol. The fourth-order valence-corrected chi connectivity index (χ4v) is 3.73. The molecule has 12 heteroatoms. The summed E-state index contributed by atoms with van der Waals surface area (Å²) in [7, 11) is 2.71. The lowest BCUT2D eigenvalue weighted by Crippen LogP contribution is -2.38. The Labute approximate surface area is 225 Å². The zero-order chi connectivity index (χ0) is 27.2. The SMILES string of the molecule is COC(=O)c1ccc(COc2ccc(/C=C3/NC(=O)N(CC(=O)Nc4ccc(Br)cc4)C3=O)cc2OC)o1. The van der Waals surface area contributed by atoms with Gasteiger partial charge in [0.1, 0.15) is 24.6 Å². The van der Waals surface area contributed by atoms with E-state index in [9.17, 15) is 19.2 Å². The van der Waals surface area contributed by atoms with Crippen LogP contribution in [0.5, 0.6) is 11.5 Å². The smallest absolute Gasteiger partial charge is 0.373 e. The van der Waals surface area contributed by atoms with Crippen molar-refractivity contribution in [3.05, 3.63) is 81.9 Å². The first-order valence-electron chi connectivity index (χ1n) is 11.1. The Morgan fingerprint density at radius 1 is 1.05 bits per heavy atom. The van der Waals surface area contributed by atoms with Gasteiger partial charge in [0.2, 0.25) is 11.7 Å². The molecular weight excluding hydrogens is 562 g/mol. The van der Waals surface area contributed by atoms with E-state index in [0.29, 0.717) is 28.5 Å². The van der Waals surface area contributed by atoms with Crippen molar-refractivity contribution in [2.24, 2.45) is 0 Å². The van der Waals surface area contributed by atoms with Gasteiger partial charge in [-0.15, -0.1) is 0 Å². The van der Waals surface area contributed by atoms with Crippen LogP contribution in [-0.4, -0.2) is 49.5 Å². The molecule has 38 heavy (non-hydrogen) atoms. The van der Waals surface area contributed by atoms with Gasteiger partial charge in [-0.2, -0.15) is 0 Å². The van der Waals surface area contributed by atoms with E-state index >= 15 is 0 Å². The third-order valence-electron chi connectivity index (χ3n) is 5.31. The normalized spacial score (nSPS) is 13.9. The molecule has 1 saturated heterocycles. The average molecular weight is 584 g/mol. The predicted octanol–water partition coefficient (Wildman–Crippen LogP) is 3.95. The van der Waals surface area contributed by atoms with E-state index in [-0.39, 0.29) is 18.1 Å². The fourth-order valence-electron chi connectivity index (χ4n) is 3.47. The Kier molecular flexibility index (Phi) is 8.12. The number of methoxy groups -OCH3 is 2. The molecule has 11 nitrogen and oxygen atoms in total. The summed E-state index contributed by atoms with van der Waals surface area (Å²) in [6.07, 6.45) is 1.47. The number of halogens is 1. The van der Waals surface area contributed by atoms with Crippen molar-refractivity contribution in [3.63, 3.8) is 0 Å². The van der Waals surface area contributed by atoms with E-state index in [4.69, 9.17) is 13.9 Å². The number of nitrogens with zero attached hydrogens (tertiary/aromatic N) is 1. The largest absolute Gasteiger partial charge is 0.493 e. The number of carbonyl (C=O) groups is 4. The molecular formula is C26H22BrN3O8. The first-order chi connectivity index (χ1) is 18.3. The highest BCUT2D eigenvalue weighted by atomic mass is 79.9. The number of benzene rings is 2. The van der Waals surface area contributed by atoms with Crippen LogP contribution in [0, 0.1) is 0 Å². The Balaban J connectivity index is 1.40. The van der Waals surface area contributed by atoms with E-state index in [1.807, 2.05) is 0 Å². The van der Waals surface area contributed by atoms with Gasteiger partial charge in [0.05, 0.1) is 14.2 Å². The first-order valence-corrected chi connectivity index (χ1v) is 11.9. The molecule has 0 radical (unpaired) electrons. The van der Waals surface area contributed by atoms with E-state index in [0.717, 1.165) is 9.37 Å². The molecule has 0 unspecified atom stereocenters. The number of furan rings is 1. The highest BCUT2D eigenvalue weighted by Gasteiger charge is 2.35. The molecule has 0 bridgehead atoms. The molecule has 3 aromatic rings. The van der Waals surface area contributed by atoms with Crippen LogP contribution in [0.25, 0.3) is 6.08 Å². The van der Waals surface area contributed by atoms with Gasteiger partial charge < -0.3 is 29.3 Å². The van der Waals surface area contributed by atoms with Crippen LogP contribution in [0.1, 0.15) is 21.9 Å². The van der Waals surface area contributed by atoms with Gasteiger partial charge in [-0.05, 0) is 60.2 Å². The molecule has 0 spiro atoms. The van der Waals surface area contributed by atoms with Gasteiger partial charge in [0.15, 0.2) is 11.5 Å². The highest BCUT2D eigenvalue weighted by Crippen LogP contribution is 2.30. The molecule has 1 aliphatic rings. The van der Waals surface area contributed by atoms with Crippen molar-refractivity contribution >= 4 is 51.5 Å². The lowest BCUT2D eigenvalue weighted by molar-refractivity contribution is -0.127. The van der Waals surface area contributed by atoms with E-state index < -0.39 is 30.4 Å². The summed E-state index contributed by atoms with van der Waals surface area (Å²) in [4.78, 5) is 49.9. The van der Waals surface area contributed by atoms with Crippen LogP contribution in [0.3, 0.4) is 0 Å². The summed E-state index contributed by atoms with van der Waals surface area (Å²) in [6, 6.07) is 14.2. The summed E-state index contributed by atoms with van der Waals surface area (Å²) < 4.78 is 22.0. The number of ether oxygens (including phenoxy) is 3. The number of urea groups is 1. The van der Waals surface area contributed by atoms with Crippen molar-refractivity contribution in [2.75, 3.05) is 26.1 Å². The number of amides is 4. The first kappa shape index (κ1) is 26.5. The van der Waals surface area contributed by atoms with Crippen molar-refractivity contribution < 1.29 is 37.8 Å². The lowest BCUT2D eigenvalue weighted by Gasteiger charge is -2.12. The molecule has 0 atom stereocenters. The van der Waals surface area contributed by atoms with Gasteiger partial charge in [-0.1, -0.05) is 22.0 Å². The van der Waals surface area contributed by atoms with E-state index in [1.165, 1.54) is 26.4 Å². The topological polar surface area (TPSA) is 136 Å². The third kappa shape index (κ3) is 6.21. The monoisotopic (exact) mass is 583 g/mol. The quantitative estimate of drug-likeness (QED) is 0.219. The molecule has 2 N–H and O–H groups in total. The number of esters is 1. The van der Waals surface area contributed by atoms with Crippen LogP contribution in [-0.2, 0) is 20.9 Å². The van der Waals surface area contributed by atoms with Crippen LogP contribution in [0.15, 0.2) is 69.2 Å². The second-order valence-corrected chi connectivity index (χ2v) is 8.81. The number of hydrogen-bond acceptors (Lipinski definition) is 8. The van der Waals surface area contributed by atoms with Gasteiger partial charge in [-0.25, -0.2) is 14.5 Å². The number of imide groups is 1. The summed E-state index contributed by atoms with van der Waals surface area (Å²) in [6.45, 7) is -0.418. The van der Waals surface area contributed by atoms with Crippen LogP contribution < -0.4 is 20.1 Å². The highest BCUT2D eigenvalue weighted by molar-refractivity contribution is 9.10. The Bertz CT molecular complexity index is 1410. The maximum absolute atomic E-state index is 12.8. The summed E-state index contributed by atoms with van der Waals surface area (Å²) in [5, 5.41) is 5.13. The maximum atomic E-state index is 12.8. The molecule has 4 rings (SSSR count). The third-order valence-corrected chi connectivity index (χ3v) is 5.84. The number of rotatable bonds is 9. The standard InChI is InChI=1S/C26H22BrN3O8/c1-35-22-12-15(3-9-20(22)37-14-18-8-10-21(38-18)25(33)36-2)11-19-24(32)30(26(34)29-19)13-23(31)28-17-6-4-16(27)5-7-17/h3-12H,13-14H2,1-2H3,(H,28,31)(H,29,34)/b19-11+. The Hall–Kier alpha value is -4.58. The molecule has 4 amide bonds. The summed E-state index contributed by atoms with van der Waals surface area (Å²) in [5.74, 6) is -0.538. The van der Waals surface area contributed by atoms with Crippen molar-refractivity contribution in [3.8, 4) is 11.5 Å². The van der Waals surface area contributed by atoms with E-state index in [1.54, 1.807) is 48.5 Å². The average Bonchev–Trinajstić information content (AvgIpc) is 3.49. The minimum absolute atomic E-state index is 0.00749. The minimum Gasteiger partial charge on any atom is -0.493 e. The summed E-state index contributed by atoms with van der Waals surface area (Å²) in [5.41, 5.74) is 1.09. The Morgan fingerprint density at radius 3 is 2.53 bits per heavy atom.